The third kappa shape index (κ3) is 2.74. The monoisotopic (exact) mass is 180 g/mol. The van der Waals surface area contributed by atoms with Crippen molar-refractivity contribution in [3.05, 3.63) is 0 Å². The second-order valence-corrected chi connectivity index (χ2v) is 3.36. The molecule has 1 aliphatic heterocycles. The maximum atomic E-state index is 11.3. The fraction of sp³-hybridized carbons (Fsp3) is 0.700. The minimum atomic E-state index is 0.141. The topological polar surface area (TPSA) is 32.3 Å². The maximum Gasteiger partial charge on any atom is 0.223 e. The predicted molar refractivity (Wildman–Crippen MR) is 52.1 cm³/mol. The molecule has 1 atom stereocenters. The normalized spacial score (nSPS) is 22.0. The van der Waals surface area contributed by atoms with Crippen LogP contribution in [0.3, 0.4) is 0 Å². The lowest BCUT2D eigenvalue weighted by Gasteiger charge is -2.14. The van der Waals surface area contributed by atoms with Gasteiger partial charge < -0.3 is 10.2 Å². The Kier molecular flexibility index (Phi) is 3.78. The molecular formula is C10H16N2O. The van der Waals surface area contributed by atoms with Crippen molar-refractivity contribution in [2.75, 3.05) is 26.7 Å². The van der Waals surface area contributed by atoms with Gasteiger partial charge in [0.15, 0.2) is 0 Å². The summed E-state index contributed by atoms with van der Waals surface area (Å²) in [4.78, 5) is 13.2. The van der Waals surface area contributed by atoms with E-state index in [1.165, 1.54) is 0 Å². The highest BCUT2D eigenvalue weighted by Crippen LogP contribution is 2.16. The lowest BCUT2D eigenvalue weighted by molar-refractivity contribution is -0.127. The number of carbonyl (C=O) groups is 1. The van der Waals surface area contributed by atoms with E-state index in [1.807, 2.05) is 11.9 Å². The molecule has 1 fully saturated rings. The summed E-state index contributed by atoms with van der Waals surface area (Å²) < 4.78 is 0. The van der Waals surface area contributed by atoms with Crippen LogP contribution in [0.1, 0.15) is 12.8 Å². The van der Waals surface area contributed by atoms with Crippen LogP contribution in [0, 0.1) is 18.3 Å². The molecule has 72 valence electrons. The first kappa shape index (κ1) is 10.1. The summed E-state index contributed by atoms with van der Waals surface area (Å²) in [5, 5.41) is 3.05. The zero-order valence-electron chi connectivity index (χ0n) is 8.05. The molecule has 0 saturated carbocycles. The molecule has 3 heteroatoms. The highest BCUT2D eigenvalue weighted by atomic mass is 16.2. The van der Waals surface area contributed by atoms with Gasteiger partial charge in [-0.05, 0) is 20.0 Å². The first-order chi connectivity index (χ1) is 6.27. The minimum absolute atomic E-state index is 0.141. The Bertz CT molecular complexity index is 219. The van der Waals surface area contributed by atoms with Crippen molar-refractivity contribution in [3.8, 4) is 12.3 Å². The van der Waals surface area contributed by atoms with Crippen molar-refractivity contribution in [2.45, 2.75) is 12.8 Å². The van der Waals surface area contributed by atoms with Gasteiger partial charge in [-0.2, -0.15) is 0 Å². The first-order valence-corrected chi connectivity index (χ1v) is 4.66. The van der Waals surface area contributed by atoms with Gasteiger partial charge in [0.25, 0.3) is 0 Å². The number of hydrogen-bond acceptors (Lipinski definition) is 2. The Morgan fingerprint density at radius 1 is 1.77 bits per heavy atom. The van der Waals surface area contributed by atoms with E-state index in [0.29, 0.717) is 6.42 Å². The zero-order valence-corrected chi connectivity index (χ0v) is 8.05. The summed E-state index contributed by atoms with van der Waals surface area (Å²) in [6.45, 7) is 2.53. The molecular weight excluding hydrogens is 164 g/mol. The van der Waals surface area contributed by atoms with Gasteiger partial charge in [0.2, 0.25) is 5.91 Å². The molecule has 1 unspecified atom stereocenters. The van der Waals surface area contributed by atoms with Crippen molar-refractivity contribution in [3.63, 3.8) is 0 Å². The molecule has 1 rings (SSSR count). The number of rotatable bonds is 4. The van der Waals surface area contributed by atoms with Crippen LogP contribution >= 0.6 is 0 Å². The van der Waals surface area contributed by atoms with Crippen LogP contribution in [-0.2, 0) is 4.79 Å². The first-order valence-electron chi connectivity index (χ1n) is 4.66. The van der Waals surface area contributed by atoms with Crippen LogP contribution in [0.5, 0.6) is 0 Å². The molecule has 1 saturated heterocycles. The van der Waals surface area contributed by atoms with Crippen LogP contribution in [0.25, 0.3) is 0 Å². The molecule has 0 aromatic heterocycles. The number of likely N-dealkylation sites (tertiary alicyclic amines) is 1. The summed E-state index contributed by atoms with van der Waals surface area (Å²) in [6, 6.07) is 0. The van der Waals surface area contributed by atoms with Crippen molar-refractivity contribution in [2.24, 2.45) is 5.92 Å². The smallest absolute Gasteiger partial charge is 0.223 e. The maximum absolute atomic E-state index is 11.3. The molecule has 1 heterocycles. The summed E-state index contributed by atoms with van der Waals surface area (Å²) in [6.07, 6.45) is 6.81. The van der Waals surface area contributed by atoms with Gasteiger partial charge in [-0.1, -0.05) is 0 Å². The minimum Gasteiger partial charge on any atom is -0.341 e. The molecule has 0 bridgehead atoms. The largest absolute Gasteiger partial charge is 0.341 e. The standard InChI is InChI=1S/C10H16N2O/c1-3-9-7-10(13)12(8-9)6-4-5-11-2/h1,9,11H,4-8H2,2H3. The second kappa shape index (κ2) is 4.88. The van der Waals surface area contributed by atoms with Crippen LogP contribution in [0.15, 0.2) is 0 Å². The van der Waals surface area contributed by atoms with Crippen LogP contribution < -0.4 is 5.32 Å². The molecule has 0 aliphatic carbocycles. The van der Waals surface area contributed by atoms with Crippen molar-refractivity contribution in [1.29, 1.82) is 0 Å². The predicted octanol–water partition coefficient (Wildman–Crippen LogP) is 0.0776. The van der Waals surface area contributed by atoms with E-state index < -0.39 is 0 Å². The lowest BCUT2D eigenvalue weighted by Crippen LogP contribution is -2.28. The van der Waals surface area contributed by atoms with Gasteiger partial charge >= 0.3 is 0 Å². The summed E-state index contributed by atoms with van der Waals surface area (Å²) in [5.74, 6) is 2.98. The Balaban J connectivity index is 2.28. The molecule has 13 heavy (non-hydrogen) atoms. The lowest BCUT2D eigenvalue weighted by atomic mass is 10.1. The second-order valence-electron chi connectivity index (χ2n) is 3.36. The van der Waals surface area contributed by atoms with Gasteiger partial charge in [0.05, 0.1) is 0 Å². The third-order valence-electron chi connectivity index (χ3n) is 2.31. The van der Waals surface area contributed by atoms with Crippen LogP contribution in [0.4, 0.5) is 0 Å². The van der Waals surface area contributed by atoms with Crippen LogP contribution in [0.2, 0.25) is 0 Å². The number of amides is 1. The van der Waals surface area contributed by atoms with E-state index >= 15 is 0 Å². The fourth-order valence-electron chi connectivity index (χ4n) is 1.55. The molecule has 3 nitrogen and oxygen atoms in total. The van der Waals surface area contributed by atoms with Crippen LogP contribution in [-0.4, -0.2) is 37.5 Å². The fourth-order valence-corrected chi connectivity index (χ4v) is 1.55. The molecule has 0 aromatic rings. The summed E-state index contributed by atoms with van der Waals surface area (Å²) in [7, 11) is 1.91. The Morgan fingerprint density at radius 3 is 3.08 bits per heavy atom. The van der Waals surface area contributed by atoms with Crippen molar-refractivity contribution >= 4 is 5.91 Å². The highest BCUT2D eigenvalue weighted by Gasteiger charge is 2.27. The van der Waals surface area contributed by atoms with Gasteiger partial charge in [-0.3, -0.25) is 4.79 Å². The van der Waals surface area contributed by atoms with Gasteiger partial charge in [0, 0.05) is 25.4 Å². The van der Waals surface area contributed by atoms with E-state index in [-0.39, 0.29) is 11.8 Å². The van der Waals surface area contributed by atoms with E-state index in [2.05, 4.69) is 11.2 Å². The molecule has 1 amide bonds. The van der Waals surface area contributed by atoms with E-state index in [9.17, 15) is 4.79 Å². The zero-order chi connectivity index (χ0) is 9.68. The highest BCUT2D eigenvalue weighted by molar-refractivity contribution is 5.79. The van der Waals surface area contributed by atoms with E-state index in [0.717, 1.165) is 26.1 Å². The molecule has 1 aliphatic rings. The number of terminal acetylenes is 1. The van der Waals surface area contributed by atoms with E-state index in [1.54, 1.807) is 0 Å². The third-order valence-corrected chi connectivity index (χ3v) is 2.31. The number of nitrogens with zero attached hydrogens (tertiary/aromatic N) is 1. The van der Waals surface area contributed by atoms with Gasteiger partial charge in [0.1, 0.15) is 0 Å². The number of carbonyl (C=O) groups excluding carboxylic acids is 1. The molecule has 0 aromatic carbocycles. The van der Waals surface area contributed by atoms with Gasteiger partial charge in [-0.15, -0.1) is 12.3 Å². The van der Waals surface area contributed by atoms with Crippen molar-refractivity contribution in [1.82, 2.24) is 10.2 Å². The average molecular weight is 180 g/mol. The summed E-state index contributed by atoms with van der Waals surface area (Å²) in [5.41, 5.74) is 0. The number of hydrogen-bond donors (Lipinski definition) is 1. The molecule has 1 N–H and O–H groups in total. The molecule has 0 radical (unpaired) electrons. The van der Waals surface area contributed by atoms with Crippen molar-refractivity contribution < 1.29 is 4.79 Å². The van der Waals surface area contributed by atoms with Gasteiger partial charge in [-0.25, -0.2) is 0 Å². The number of nitrogens with one attached hydrogen (secondary N) is 1. The summed E-state index contributed by atoms with van der Waals surface area (Å²) >= 11 is 0. The molecule has 0 spiro atoms. The Morgan fingerprint density at radius 2 is 2.54 bits per heavy atom. The average Bonchev–Trinajstić information content (AvgIpc) is 2.48. The Labute approximate surface area is 79.5 Å². The Hall–Kier alpha value is -1.01. The SMILES string of the molecule is C#CC1CC(=O)N(CCCNC)C1. The van der Waals surface area contributed by atoms with E-state index in [4.69, 9.17) is 6.42 Å². The quantitative estimate of drug-likeness (QED) is 0.491.